The predicted molar refractivity (Wildman–Crippen MR) is 118 cm³/mol. The van der Waals surface area contributed by atoms with Gasteiger partial charge >= 0.3 is 0 Å². The van der Waals surface area contributed by atoms with Crippen LogP contribution in [-0.2, 0) is 16.6 Å². The lowest BCUT2D eigenvalue weighted by Gasteiger charge is -2.13. The van der Waals surface area contributed by atoms with E-state index in [2.05, 4.69) is 36.0 Å². The number of fused-ring (bicyclic) bond motifs is 1. The van der Waals surface area contributed by atoms with E-state index < -0.39 is 10.0 Å². The number of para-hydroxylation sites is 2. The van der Waals surface area contributed by atoms with E-state index in [0.29, 0.717) is 16.7 Å². The highest BCUT2D eigenvalue weighted by Crippen LogP contribution is 2.16. The normalized spacial score (nSPS) is 12.4. The standard InChI is InChI=1S/C19H26N6O2S2/c1-15-24-16-7-3-4-8-17(16)25(15)13-6-10-21-19(20-2)22-11-12-23-29(26,27)18-9-5-14-28-18/h3-5,7-9,14,23H,6,10-13H2,1-2H3,(H2,20,21,22). The van der Waals surface area contributed by atoms with Crippen molar-refractivity contribution in [3.8, 4) is 0 Å². The molecular formula is C19H26N6O2S2. The summed E-state index contributed by atoms with van der Waals surface area (Å²) in [7, 11) is -1.74. The topological polar surface area (TPSA) is 100 Å². The zero-order valence-corrected chi connectivity index (χ0v) is 18.2. The number of sulfonamides is 1. The second-order valence-corrected chi connectivity index (χ2v) is 9.35. The number of nitrogens with zero attached hydrogens (tertiary/aromatic N) is 3. The first-order valence-electron chi connectivity index (χ1n) is 9.41. The number of hydrogen-bond donors (Lipinski definition) is 3. The summed E-state index contributed by atoms with van der Waals surface area (Å²) in [6, 6.07) is 11.4. The van der Waals surface area contributed by atoms with Gasteiger partial charge in [-0.15, -0.1) is 11.3 Å². The molecule has 0 bridgehead atoms. The van der Waals surface area contributed by atoms with Gasteiger partial charge in [0.1, 0.15) is 10.0 Å². The van der Waals surface area contributed by atoms with Crippen molar-refractivity contribution < 1.29 is 8.42 Å². The fourth-order valence-corrected chi connectivity index (χ4v) is 5.07. The van der Waals surface area contributed by atoms with Gasteiger partial charge in [-0.3, -0.25) is 4.99 Å². The van der Waals surface area contributed by atoms with E-state index in [9.17, 15) is 8.42 Å². The van der Waals surface area contributed by atoms with E-state index in [1.165, 1.54) is 11.3 Å². The molecule has 156 valence electrons. The van der Waals surface area contributed by atoms with Crippen LogP contribution in [0, 0.1) is 6.92 Å². The third-order valence-electron chi connectivity index (χ3n) is 4.39. The van der Waals surface area contributed by atoms with Gasteiger partial charge in [-0.1, -0.05) is 18.2 Å². The number of guanidine groups is 1. The van der Waals surface area contributed by atoms with Crippen molar-refractivity contribution >= 4 is 38.4 Å². The zero-order chi connectivity index (χ0) is 20.7. The maximum absolute atomic E-state index is 12.1. The summed E-state index contributed by atoms with van der Waals surface area (Å²) in [6.07, 6.45) is 0.910. The fraction of sp³-hybridized carbons (Fsp3) is 0.368. The Hall–Kier alpha value is -2.43. The average Bonchev–Trinajstić information content (AvgIpc) is 3.35. The Morgan fingerprint density at radius 3 is 2.69 bits per heavy atom. The van der Waals surface area contributed by atoms with E-state index in [1.54, 1.807) is 24.6 Å². The molecule has 0 amide bonds. The van der Waals surface area contributed by atoms with Gasteiger partial charge in [-0.05, 0) is 36.9 Å². The number of aryl methyl sites for hydroxylation is 2. The molecule has 3 aromatic rings. The molecule has 2 heterocycles. The van der Waals surface area contributed by atoms with Gasteiger partial charge in [0.05, 0.1) is 11.0 Å². The molecule has 29 heavy (non-hydrogen) atoms. The maximum Gasteiger partial charge on any atom is 0.250 e. The van der Waals surface area contributed by atoms with Gasteiger partial charge in [-0.25, -0.2) is 18.1 Å². The minimum Gasteiger partial charge on any atom is -0.356 e. The number of rotatable bonds is 9. The van der Waals surface area contributed by atoms with Crippen LogP contribution in [0.25, 0.3) is 11.0 Å². The molecule has 8 nitrogen and oxygen atoms in total. The van der Waals surface area contributed by atoms with Crippen LogP contribution >= 0.6 is 11.3 Å². The van der Waals surface area contributed by atoms with Crippen LogP contribution in [0.15, 0.2) is 51.0 Å². The molecule has 0 unspecified atom stereocenters. The molecule has 0 aliphatic carbocycles. The summed E-state index contributed by atoms with van der Waals surface area (Å²) in [5.41, 5.74) is 2.16. The smallest absolute Gasteiger partial charge is 0.250 e. The molecule has 0 saturated heterocycles. The summed E-state index contributed by atoms with van der Waals surface area (Å²) in [5, 5.41) is 8.12. The Kier molecular flexibility index (Phi) is 7.24. The Bertz CT molecular complexity index is 1060. The number of aromatic nitrogens is 2. The lowest BCUT2D eigenvalue weighted by molar-refractivity contribution is 0.582. The number of benzene rings is 1. The van der Waals surface area contributed by atoms with Crippen LogP contribution in [0.4, 0.5) is 0 Å². The van der Waals surface area contributed by atoms with Crippen molar-refractivity contribution in [2.24, 2.45) is 4.99 Å². The molecule has 0 radical (unpaired) electrons. The van der Waals surface area contributed by atoms with Crippen LogP contribution in [0.3, 0.4) is 0 Å². The Balaban J connectivity index is 1.39. The van der Waals surface area contributed by atoms with Crippen LogP contribution in [0.2, 0.25) is 0 Å². The van der Waals surface area contributed by atoms with Crippen LogP contribution < -0.4 is 15.4 Å². The third kappa shape index (κ3) is 5.55. The fourth-order valence-electron chi connectivity index (χ4n) is 3.00. The van der Waals surface area contributed by atoms with Crippen molar-refractivity contribution in [1.82, 2.24) is 24.9 Å². The second kappa shape index (κ2) is 9.86. The molecule has 3 rings (SSSR count). The first-order chi connectivity index (χ1) is 14.0. The molecule has 0 saturated carbocycles. The molecule has 2 aromatic heterocycles. The SMILES string of the molecule is CN=C(NCCCn1c(C)nc2ccccc21)NCCNS(=O)(=O)c1cccs1. The van der Waals surface area contributed by atoms with E-state index in [1.807, 2.05) is 25.1 Å². The van der Waals surface area contributed by atoms with Crippen LogP contribution in [0.1, 0.15) is 12.2 Å². The Labute approximate surface area is 175 Å². The number of nitrogens with one attached hydrogen (secondary N) is 3. The lowest BCUT2D eigenvalue weighted by atomic mass is 10.3. The first-order valence-corrected chi connectivity index (χ1v) is 11.8. The lowest BCUT2D eigenvalue weighted by Crippen LogP contribution is -2.41. The first kappa shape index (κ1) is 21.3. The van der Waals surface area contributed by atoms with E-state index in [0.717, 1.165) is 36.4 Å². The monoisotopic (exact) mass is 434 g/mol. The number of hydrogen-bond acceptors (Lipinski definition) is 5. The summed E-state index contributed by atoms with van der Waals surface area (Å²) in [4.78, 5) is 8.76. The Morgan fingerprint density at radius 1 is 1.14 bits per heavy atom. The summed E-state index contributed by atoms with van der Waals surface area (Å²) in [5.74, 6) is 1.65. The number of aliphatic imine (C=N–C) groups is 1. The molecule has 0 spiro atoms. The van der Waals surface area contributed by atoms with Crippen LogP contribution in [0.5, 0.6) is 0 Å². The summed E-state index contributed by atoms with van der Waals surface area (Å²) >= 11 is 1.20. The molecule has 0 fully saturated rings. The van der Waals surface area contributed by atoms with Crippen molar-refractivity contribution in [1.29, 1.82) is 0 Å². The van der Waals surface area contributed by atoms with Crippen molar-refractivity contribution in [2.75, 3.05) is 26.7 Å². The molecule has 1 aromatic carbocycles. The second-order valence-electron chi connectivity index (χ2n) is 6.41. The predicted octanol–water partition coefficient (Wildman–Crippen LogP) is 1.94. The molecule has 0 atom stereocenters. The van der Waals surface area contributed by atoms with E-state index in [-0.39, 0.29) is 6.54 Å². The molecular weight excluding hydrogens is 408 g/mol. The summed E-state index contributed by atoms with van der Waals surface area (Å²) < 4.78 is 29.3. The third-order valence-corrected chi connectivity index (χ3v) is 7.25. The maximum atomic E-state index is 12.1. The largest absolute Gasteiger partial charge is 0.356 e. The Morgan fingerprint density at radius 2 is 1.93 bits per heavy atom. The van der Waals surface area contributed by atoms with Gasteiger partial charge in [0.2, 0.25) is 10.0 Å². The molecule has 0 aliphatic rings. The minimum atomic E-state index is -3.43. The minimum absolute atomic E-state index is 0.279. The van der Waals surface area contributed by atoms with Crippen molar-refractivity contribution in [3.63, 3.8) is 0 Å². The number of imidazole rings is 1. The van der Waals surface area contributed by atoms with Gasteiger partial charge < -0.3 is 15.2 Å². The highest BCUT2D eigenvalue weighted by Gasteiger charge is 2.13. The highest BCUT2D eigenvalue weighted by molar-refractivity contribution is 7.91. The molecule has 0 aliphatic heterocycles. The van der Waals surface area contributed by atoms with E-state index in [4.69, 9.17) is 0 Å². The average molecular weight is 435 g/mol. The molecule has 10 heteroatoms. The van der Waals surface area contributed by atoms with Crippen molar-refractivity contribution in [3.05, 3.63) is 47.6 Å². The number of thiophene rings is 1. The molecule has 3 N–H and O–H groups in total. The quantitative estimate of drug-likeness (QED) is 0.271. The summed E-state index contributed by atoms with van der Waals surface area (Å²) in [6.45, 7) is 4.34. The van der Waals surface area contributed by atoms with Gasteiger partial charge in [0.15, 0.2) is 5.96 Å². The van der Waals surface area contributed by atoms with Gasteiger partial charge in [0.25, 0.3) is 0 Å². The van der Waals surface area contributed by atoms with Gasteiger partial charge in [0, 0.05) is 33.2 Å². The van der Waals surface area contributed by atoms with Crippen molar-refractivity contribution in [2.45, 2.75) is 24.1 Å². The zero-order valence-electron chi connectivity index (χ0n) is 16.6. The van der Waals surface area contributed by atoms with E-state index >= 15 is 0 Å². The highest BCUT2D eigenvalue weighted by atomic mass is 32.2. The van der Waals surface area contributed by atoms with Gasteiger partial charge in [-0.2, -0.15) is 0 Å². The van der Waals surface area contributed by atoms with Crippen LogP contribution in [-0.4, -0.2) is 50.6 Å².